The molecule has 0 unspecified atom stereocenters. The lowest BCUT2D eigenvalue weighted by molar-refractivity contribution is -0.125. The molecule has 0 bridgehead atoms. The molecule has 2 aromatic heterocycles. The summed E-state index contributed by atoms with van der Waals surface area (Å²) >= 11 is 1.66. The molecule has 3 N–H and O–H groups in total. The van der Waals surface area contributed by atoms with Gasteiger partial charge in [0.15, 0.2) is 0 Å². The van der Waals surface area contributed by atoms with Crippen LogP contribution in [-0.2, 0) is 9.53 Å². The number of anilines is 3. The van der Waals surface area contributed by atoms with Gasteiger partial charge in [0, 0.05) is 32.2 Å². The van der Waals surface area contributed by atoms with Crippen LogP contribution in [-0.4, -0.2) is 63.6 Å². The molecule has 2 heterocycles. The van der Waals surface area contributed by atoms with Gasteiger partial charge in [0.25, 0.3) is 0 Å². The lowest BCUT2D eigenvalue weighted by atomic mass is 10.2. The van der Waals surface area contributed by atoms with Gasteiger partial charge < -0.3 is 20.7 Å². The summed E-state index contributed by atoms with van der Waals surface area (Å²) in [7, 11) is 1.55. The van der Waals surface area contributed by atoms with E-state index in [0.717, 1.165) is 33.9 Å². The summed E-state index contributed by atoms with van der Waals surface area (Å²) in [6.07, 6.45) is 3.37. The molecule has 0 spiro atoms. The van der Waals surface area contributed by atoms with E-state index < -0.39 is 17.7 Å². The molecular weight excluding hydrogens is 526 g/mol. The molecule has 0 aliphatic rings. The van der Waals surface area contributed by atoms with Gasteiger partial charge >= 0.3 is 6.09 Å². The van der Waals surface area contributed by atoms with Crippen LogP contribution in [0.25, 0.3) is 10.2 Å². The molecule has 3 rings (SSSR count). The quantitative estimate of drug-likeness (QED) is 0.219. The fourth-order valence-electron chi connectivity index (χ4n) is 3.52. The number of aromatic nitrogens is 3. The molecule has 1 aromatic carbocycles. The molecule has 10 nitrogen and oxygen atoms in total. The number of nitrogens with zero attached hydrogens (tertiary/aromatic N) is 4. The molecule has 1 atom stereocenters. The summed E-state index contributed by atoms with van der Waals surface area (Å²) < 4.78 is 6.47. The van der Waals surface area contributed by atoms with E-state index in [9.17, 15) is 9.59 Å². The number of hydrogen-bond donors (Lipinski definition) is 3. The number of thiazole rings is 1. The summed E-state index contributed by atoms with van der Waals surface area (Å²) in [5.41, 5.74) is 1.90. The number of fused-ring (bicyclic) bond motifs is 1. The highest BCUT2D eigenvalue weighted by atomic mass is 32.1. The van der Waals surface area contributed by atoms with Crippen molar-refractivity contribution in [1.82, 2.24) is 25.2 Å². The number of hydrogen-bond acceptors (Lipinski definition) is 9. The summed E-state index contributed by atoms with van der Waals surface area (Å²) in [5.74, 6) is 7.20. The molecule has 0 saturated heterocycles. The Hall–Kier alpha value is -3.91. The second-order valence-corrected chi connectivity index (χ2v) is 11.6. The SMILES string of the molecule is CCCNc1nc(Nc2ccc3sc(C)nc3c2)ncc1C#CCCCNC(=O)[C@H](C)N(C)C(=O)OC(C)(C)C. The van der Waals surface area contributed by atoms with Gasteiger partial charge in [-0.15, -0.1) is 11.3 Å². The van der Waals surface area contributed by atoms with Crippen molar-refractivity contribution < 1.29 is 14.3 Å². The highest BCUT2D eigenvalue weighted by Gasteiger charge is 2.26. The molecule has 0 saturated carbocycles. The maximum absolute atomic E-state index is 12.5. The molecule has 214 valence electrons. The maximum atomic E-state index is 12.5. The van der Waals surface area contributed by atoms with E-state index in [1.807, 2.05) is 25.1 Å². The third kappa shape index (κ3) is 9.09. The summed E-state index contributed by atoms with van der Waals surface area (Å²) in [5, 5.41) is 10.5. The second kappa shape index (κ2) is 13.9. The van der Waals surface area contributed by atoms with E-state index in [1.165, 1.54) is 4.90 Å². The Labute approximate surface area is 240 Å². The van der Waals surface area contributed by atoms with Crippen molar-refractivity contribution in [2.75, 3.05) is 30.8 Å². The maximum Gasteiger partial charge on any atom is 0.410 e. The Bertz CT molecular complexity index is 1390. The Morgan fingerprint density at radius 1 is 1.20 bits per heavy atom. The predicted octanol–water partition coefficient (Wildman–Crippen LogP) is 5.46. The van der Waals surface area contributed by atoms with Crippen LogP contribution in [0.5, 0.6) is 0 Å². The average molecular weight is 566 g/mol. The van der Waals surface area contributed by atoms with Gasteiger partial charge in [-0.05, 0) is 65.7 Å². The smallest absolute Gasteiger partial charge is 0.410 e. The largest absolute Gasteiger partial charge is 0.444 e. The van der Waals surface area contributed by atoms with Crippen LogP contribution in [0.3, 0.4) is 0 Å². The molecule has 0 aliphatic heterocycles. The summed E-state index contributed by atoms with van der Waals surface area (Å²) in [6, 6.07) is 5.38. The Morgan fingerprint density at radius 3 is 2.70 bits per heavy atom. The third-order valence-corrected chi connectivity index (χ3v) is 6.68. The van der Waals surface area contributed by atoms with E-state index in [2.05, 4.69) is 49.7 Å². The van der Waals surface area contributed by atoms with E-state index in [-0.39, 0.29) is 5.91 Å². The molecular formula is C29H39N7O3S. The number of aryl methyl sites for hydroxylation is 1. The van der Waals surface area contributed by atoms with Gasteiger partial charge in [-0.3, -0.25) is 9.69 Å². The van der Waals surface area contributed by atoms with E-state index in [4.69, 9.17) is 4.74 Å². The van der Waals surface area contributed by atoms with Crippen molar-refractivity contribution in [3.05, 3.63) is 35.0 Å². The number of carbonyl (C=O) groups excluding carboxylic acids is 2. The van der Waals surface area contributed by atoms with Gasteiger partial charge in [-0.2, -0.15) is 4.98 Å². The number of amides is 2. The van der Waals surface area contributed by atoms with Gasteiger partial charge in [0.1, 0.15) is 17.5 Å². The Kier molecular flexibility index (Phi) is 10.7. The first kappa shape index (κ1) is 30.6. The highest BCUT2D eigenvalue weighted by Crippen LogP contribution is 2.26. The van der Waals surface area contributed by atoms with E-state index in [1.54, 1.807) is 52.3 Å². The van der Waals surface area contributed by atoms with Crippen LogP contribution >= 0.6 is 11.3 Å². The first-order chi connectivity index (χ1) is 19.0. The Morgan fingerprint density at radius 2 is 1.98 bits per heavy atom. The summed E-state index contributed by atoms with van der Waals surface area (Å²) in [4.78, 5) is 39.6. The third-order valence-electron chi connectivity index (χ3n) is 5.72. The number of unbranched alkanes of at least 4 members (excludes halogenated alkanes) is 1. The zero-order chi connectivity index (χ0) is 29.3. The molecule has 0 aliphatic carbocycles. The van der Waals surface area contributed by atoms with Gasteiger partial charge in [-0.25, -0.2) is 14.8 Å². The van der Waals surface area contributed by atoms with Gasteiger partial charge in [0.05, 0.1) is 27.0 Å². The van der Waals surface area contributed by atoms with Crippen molar-refractivity contribution in [3.8, 4) is 11.8 Å². The van der Waals surface area contributed by atoms with Crippen LogP contribution < -0.4 is 16.0 Å². The van der Waals surface area contributed by atoms with Crippen molar-refractivity contribution >= 4 is 51.0 Å². The normalized spacial score (nSPS) is 11.8. The first-order valence-electron chi connectivity index (χ1n) is 13.4. The second-order valence-electron chi connectivity index (χ2n) is 10.4. The molecule has 0 fully saturated rings. The molecule has 3 aromatic rings. The average Bonchev–Trinajstić information content (AvgIpc) is 3.27. The minimum Gasteiger partial charge on any atom is -0.444 e. The fourth-order valence-corrected chi connectivity index (χ4v) is 4.33. The number of carbonyl (C=O) groups is 2. The fraction of sp³-hybridized carbons (Fsp3) is 0.483. The van der Waals surface area contributed by atoms with Crippen LogP contribution in [0.15, 0.2) is 24.4 Å². The lowest BCUT2D eigenvalue weighted by Gasteiger charge is -2.28. The van der Waals surface area contributed by atoms with Crippen molar-refractivity contribution in [1.29, 1.82) is 0 Å². The van der Waals surface area contributed by atoms with E-state index >= 15 is 0 Å². The predicted molar refractivity (Wildman–Crippen MR) is 161 cm³/mol. The van der Waals surface area contributed by atoms with Crippen LogP contribution in [0.1, 0.15) is 64.5 Å². The topological polar surface area (TPSA) is 121 Å². The van der Waals surface area contributed by atoms with Gasteiger partial charge in [-0.1, -0.05) is 18.8 Å². The molecule has 0 radical (unpaired) electrons. The van der Waals surface area contributed by atoms with E-state index in [0.29, 0.717) is 36.7 Å². The zero-order valence-corrected chi connectivity index (χ0v) is 25.2. The molecule has 11 heteroatoms. The van der Waals surface area contributed by atoms with Gasteiger partial charge in [0.2, 0.25) is 11.9 Å². The first-order valence-corrected chi connectivity index (χ1v) is 14.3. The van der Waals surface area contributed by atoms with Crippen LogP contribution in [0, 0.1) is 18.8 Å². The number of ether oxygens (including phenoxy) is 1. The number of likely N-dealkylation sites (N-methyl/N-ethyl adjacent to an activating group) is 1. The van der Waals surface area contributed by atoms with Crippen LogP contribution in [0.2, 0.25) is 0 Å². The zero-order valence-electron chi connectivity index (χ0n) is 24.3. The highest BCUT2D eigenvalue weighted by molar-refractivity contribution is 7.18. The lowest BCUT2D eigenvalue weighted by Crippen LogP contribution is -2.47. The van der Waals surface area contributed by atoms with Crippen molar-refractivity contribution in [2.45, 2.75) is 72.4 Å². The number of benzene rings is 1. The number of nitrogens with one attached hydrogen (secondary N) is 3. The molecule has 2 amide bonds. The minimum absolute atomic E-state index is 0.243. The summed E-state index contributed by atoms with van der Waals surface area (Å²) in [6.45, 7) is 12.3. The Balaban J connectivity index is 1.54. The number of rotatable bonds is 10. The molecule has 40 heavy (non-hydrogen) atoms. The standard InChI is InChI=1S/C29H39N7O3S/c1-8-15-30-25-21(18-32-27(35-25)34-22-13-14-24-23(17-22)33-20(3)40-24)12-10-9-11-16-31-26(37)19(2)36(7)28(38)39-29(4,5)6/h13-14,17-19H,8-9,11,15-16H2,1-7H3,(H,31,37)(H2,30,32,34,35)/t19-/m0/s1. The van der Waals surface area contributed by atoms with Crippen LogP contribution in [0.4, 0.5) is 22.2 Å². The monoisotopic (exact) mass is 565 g/mol. The minimum atomic E-state index is -0.648. The van der Waals surface area contributed by atoms with Crippen molar-refractivity contribution in [3.63, 3.8) is 0 Å². The van der Waals surface area contributed by atoms with Crippen molar-refractivity contribution in [2.24, 2.45) is 0 Å².